The van der Waals surface area contributed by atoms with Gasteiger partial charge in [-0.2, -0.15) is 0 Å². The molecule has 3 heteroatoms. The number of hydrogen-bond acceptors (Lipinski definition) is 0. The van der Waals surface area contributed by atoms with Crippen LogP contribution in [-0.2, 0) is 6.42 Å². The Balaban J connectivity index is 2.62. The molecule has 0 aliphatic carbocycles. The minimum Gasteiger partial charge on any atom is -0.205 e. The van der Waals surface area contributed by atoms with Gasteiger partial charge in [-0.15, -0.1) is 0 Å². The Labute approximate surface area is 104 Å². The molecular weight excluding hydrogens is 278 g/mol. The lowest BCUT2D eigenvalue weighted by Crippen LogP contribution is -2.08. The molecule has 1 rings (SSSR count). The van der Waals surface area contributed by atoms with Gasteiger partial charge in [-0.05, 0) is 30.4 Å². The van der Waals surface area contributed by atoms with E-state index in [1.807, 2.05) is 0 Å². The van der Waals surface area contributed by atoms with Gasteiger partial charge >= 0.3 is 0 Å². The minimum atomic E-state index is -0.275. The average molecular weight is 294 g/mol. The van der Waals surface area contributed by atoms with Gasteiger partial charge in [0.15, 0.2) is 0 Å². The van der Waals surface area contributed by atoms with Gasteiger partial charge in [0.1, 0.15) is 5.82 Å². The Morgan fingerprint density at radius 1 is 1.40 bits per heavy atom. The number of benzene rings is 1. The maximum absolute atomic E-state index is 13.5. The van der Waals surface area contributed by atoms with Crippen molar-refractivity contribution >= 4 is 27.5 Å². The molecule has 0 spiro atoms. The summed E-state index contributed by atoms with van der Waals surface area (Å²) < 4.78 is 13.5. The molecule has 0 fully saturated rings. The van der Waals surface area contributed by atoms with E-state index < -0.39 is 0 Å². The largest absolute Gasteiger partial charge is 0.205 e. The molecular formula is C12H15BrClF. The quantitative estimate of drug-likeness (QED) is 0.697. The monoisotopic (exact) mass is 292 g/mol. The minimum absolute atomic E-state index is 0.211. The van der Waals surface area contributed by atoms with Crippen molar-refractivity contribution in [2.75, 3.05) is 0 Å². The summed E-state index contributed by atoms with van der Waals surface area (Å²) in [6.45, 7) is 4.29. The van der Waals surface area contributed by atoms with Crippen molar-refractivity contribution in [2.45, 2.75) is 31.5 Å². The van der Waals surface area contributed by atoms with Crippen LogP contribution in [0.2, 0.25) is 5.02 Å². The first-order chi connectivity index (χ1) is 7.02. The van der Waals surface area contributed by atoms with E-state index in [0.29, 0.717) is 16.3 Å². The first-order valence-electron chi connectivity index (χ1n) is 5.09. The van der Waals surface area contributed by atoms with E-state index in [1.165, 1.54) is 0 Å². The summed E-state index contributed by atoms with van der Waals surface area (Å²) in [5, 5.41) is 0.211. The van der Waals surface area contributed by atoms with Crippen LogP contribution in [0.4, 0.5) is 4.39 Å². The van der Waals surface area contributed by atoms with Crippen molar-refractivity contribution in [3.8, 4) is 0 Å². The van der Waals surface area contributed by atoms with Crippen LogP contribution < -0.4 is 0 Å². The first-order valence-corrected chi connectivity index (χ1v) is 6.38. The van der Waals surface area contributed by atoms with Gasteiger partial charge in [-0.3, -0.25) is 0 Å². The van der Waals surface area contributed by atoms with Crippen LogP contribution in [-0.4, -0.2) is 4.83 Å². The van der Waals surface area contributed by atoms with Crippen LogP contribution >= 0.6 is 27.5 Å². The SMILES string of the molecule is CC(C)C(Br)CCc1cccc(Cl)c1F. The highest BCUT2D eigenvalue weighted by atomic mass is 79.9. The summed E-state index contributed by atoms with van der Waals surface area (Å²) in [6, 6.07) is 5.16. The lowest BCUT2D eigenvalue weighted by atomic mass is 10.0. The zero-order valence-corrected chi connectivity index (χ0v) is 11.3. The fraction of sp³-hybridized carbons (Fsp3) is 0.500. The van der Waals surface area contributed by atoms with Crippen LogP contribution in [0.25, 0.3) is 0 Å². The van der Waals surface area contributed by atoms with Gasteiger partial charge in [0.2, 0.25) is 0 Å². The third kappa shape index (κ3) is 3.76. The van der Waals surface area contributed by atoms with Crippen LogP contribution in [0, 0.1) is 11.7 Å². The van der Waals surface area contributed by atoms with Crippen LogP contribution in [0.3, 0.4) is 0 Å². The van der Waals surface area contributed by atoms with Crippen molar-refractivity contribution in [3.05, 3.63) is 34.6 Å². The Hall–Kier alpha value is -0.0800. The van der Waals surface area contributed by atoms with Crippen molar-refractivity contribution in [3.63, 3.8) is 0 Å². The Bertz CT molecular complexity index is 325. The summed E-state index contributed by atoms with van der Waals surface area (Å²) in [5.41, 5.74) is 0.701. The van der Waals surface area contributed by atoms with E-state index in [4.69, 9.17) is 11.6 Å². The van der Waals surface area contributed by atoms with E-state index in [-0.39, 0.29) is 10.8 Å². The Morgan fingerprint density at radius 2 is 2.07 bits per heavy atom. The standard InChI is InChI=1S/C12H15BrClF/c1-8(2)10(13)7-6-9-4-3-5-11(14)12(9)15/h3-5,8,10H,6-7H2,1-2H3. The lowest BCUT2D eigenvalue weighted by Gasteiger charge is -2.13. The summed E-state index contributed by atoms with van der Waals surface area (Å²) in [5.74, 6) is 0.287. The molecule has 0 aliphatic heterocycles. The predicted octanol–water partition coefficient (Wildman–Crippen LogP) is 4.83. The van der Waals surface area contributed by atoms with Gasteiger partial charge < -0.3 is 0 Å². The van der Waals surface area contributed by atoms with Crippen molar-refractivity contribution in [1.82, 2.24) is 0 Å². The van der Waals surface area contributed by atoms with Crippen molar-refractivity contribution in [1.29, 1.82) is 0 Å². The normalized spacial score (nSPS) is 13.2. The van der Waals surface area contributed by atoms with Crippen molar-refractivity contribution < 1.29 is 4.39 Å². The van der Waals surface area contributed by atoms with E-state index in [1.54, 1.807) is 18.2 Å². The highest BCUT2D eigenvalue weighted by Gasteiger charge is 2.11. The highest BCUT2D eigenvalue weighted by molar-refractivity contribution is 9.09. The highest BCUT2D eigenvalue weighted by Crippen LogP contribution is 2.22. The molecule has 1 aromatic rings. The third-order valence-electron chi connectivity index (χ3n) is 2.44. The smallest absolute Gasteiger partial charge is 0.144 e. The molecule has 0 heterocycles. The van der Waals surface area contributed by atoms with Gasteiger partial charge in [-0.1, -0.05) is 53.5 Å². The fourth-order valence-electron chi connectivity index (χ4n) is 1.37. The second-order valence-electron chi connectivity index (χ2n) is 4.01. The van der Waals surface area contributed by atoms with Gasteiger partial charge in [-0.25, -0.2) is 4.39 Å². The number of alkyl halides is 1. The van der Waals surface area contributed by atoms with Gasteiger partial charge in [0.05, 0.1) is 5.02 Å². The van der Waals surface area contributed by atoms with Gasteiger partial charge in [0.25, 0.3) is 0 Å². The van der Waals surface area contributed by atoms with E-state index in [0.717, 1.165) is 12.8 Å². The number of rotatable bonds is 4. The maximum atomic E-state index is 13.5. The third-order valence-corrected chi connectivity index (χ3v) is 4.25. The second-order valence-corrected chi connectivity index (χ2v) is 5.59. The fourth-order valence-corrected chi connectivity index (χ4v) is 1.79. The Morgan fingerprint density at radius 3 is 2.67 bits per heavy atom. The molecule has 0 amide bonds. The number of aryl methyl sites for hydroxylation is 1. The maximum Gasteiger partial charge on any atom is 0.144 e. The lowest BCUT2D eigenvalue weighted by molar-refractivity contribution is 0.563. The summed E-state index contributed by atoms with van der Waals surface area (Å²) in [7, 11) is 0. The molecule has 84 valence electrons. The summed E-state index contributed by atoms with van der Waals surface area (Å²) >= 11 is 9.29. The molecule has 1 unspecified atom stereocenters. The van der Waals surface area contributed by atoms with Gasteiger partial charge in [0, 0.05) is 4.83 Å². The summed E-state index contributed by atoms with van der Waals surface area (Å²) in [4.78, 5) is 0.427. The molecule has 1 aromatic carbocycles. The topological polar surface area (TPSA) is 0 Å². The molecule has 0 nitrogen and oxygen atoms in total. The first kappa shape index (κ1) is 13.0. The Kier molecular flexibility index (Phi) is 5.07. The molecule has 0 bridgehead atoms. The molecule has 0 saturated carbocycles. The predicted molar refractivity (Wildman–Crippen MR) is 67.3 cm³/mol. The van der Waals surface area contributed by atoms with E-state index in [9.17, 15) is 4.39 Å². The molecule has 15 heavy (non-hydrogen) atoms. The zero-order chi connectivity index (χ0) is 11.4. The second kappa shape index (κ2) is 5.86. The van der Waals surface area contributed by atoms with Crippen LogP contribution in [0.1, 0.15) is 25.8 Å². The molecule has 1 atom stereocenters. The molecule has 0 saturated heterocycles. The zero-order valence-electron chi connectivity index (χ0n) is 8.93. The molecule has 0 aromatic heterocycles. The average Bonchev–Trinajstić information content (AvgIpc) is 2.19. The van der Waals surface area contributed by atoms with E-state index >= 15 is 0 Å². The van der Waals surface area contributed by atoms with Crippen LogP contribution in [0.5, 0.6) is 0 Å². The number of halogens is 3. The summed E-state index contributed by atoms with van der Waals surface area (Å²) in [6.07, 6.45) is 1.65. The number of hydrogen-bond donors (Lipinski definition) is 0. The van der Waals surface area contributed by atoms with Crippen LogP contribution in [0.15, 0.2) is 18.2 Å². The molecule has 0 N–H and O–H groups in total. The van der Waals surface area contributed by atoms with Crippen molar-refractivity contribution in [2.24, 2.45) is 5.92 Å². The van der Waals surface area contributed by atoms with E-state index in [2.05, 4.69) is 29.8 Å². The molecule has 0 aliphatic rings. The molecule has 0 radical (unpaired) electrons.